The highest BCUT2D eigenvalue weighted by molar-refractivity contribution is 6.30. The van der Waals surface area contributed by atoms with Crippen molar-refractivity contribution in [1.29, 1.82) is 0 Å². The highest BCUT2D eigenvalue weighted by Crippen LogP contribution is 2.27. The molecule has 1 aliphatic carbocycles. The van der Waals surface area contributed by atoms with Gasteiger partial charge in [-0.1, -0.05) is 35.4 Å². The molecule has 0 unspecified atom stereocenters. The molecule has 0 amide bonds. The van der Waals surface area contributed by atoms with Gasteiger partial charge in [0.2, 0.25) is 0 Å². The lowest BCUT2D eigenvalue weighted by Gasteiger charge is -2.18. The van der Waals surface area contributed by atoms with Crippen LogP contribution in [0.2, 0.25) is 5.02 Å². The zero-order chi connectivity index (χ0) is 18.8. The van der Waals surface area contributed by atoms with Crippen molar-refractivity contribution in [2.24, 2.45) is 0 Å². The second-order valence-corrected chi connectivity index (χ2v) is 7.10. The van der Waals surface area contributed by atoms with Gasteiger partial charge in [0.05, 0.1) is 10.7 Å². The standard InChI is InChI=1S/C22H19ClN2O2/c1-15-2-3-17-11-20(7-4-16(17)10-15)25-9-8-21(12-22(25)26)27-14-19-6-5-18(23)13-24-19/h2-3,5-6,8-13H,4,7,14H2,1H3. The number of halogens is 1. The van der Waals surface area contributed by atoms with E-state index in [0.29, 0.717) is 10.8 Å². The predicted octanol–water partition coefficient (Wildman–Crippen LogP) is 4.73. The summed E-state index contributed by atoms with van der Waals surface area (Å²) in [6.45, 7) is 2.39. The second-order valence-electron chi connectivity index (χ2n) is 6.67. The van der Waals surface area contributed by atoms with Crippen LogP contribution in [0.3, 0.4) is 0 Å². The number of aromatic nitrogens is 2. The van der Waals surface area contributed by atoms with Gasteiger partial charge in [-0.2, -0.15) is 0 Å². The largest absolute Gasteiger partial charge is 0.487 e. The average Bonchev–Trinajstić information content (AvgIpc) is 2.67. The maximum absolute atomic E-state index is 12.6. The SMILES string of the molecule is Cc1ccc2c(c1)CCC(n1ccc(OCc3ccc(Cl)cn3)cc1=O)=C2. The highest BCUT2D eigenvalue weighted by Gasteiger charge is 2.13. The Bertz CT molecular complexity index is 1070. The molecule has 0 atom stereocenters. The quantitative estimate of drug-likeness (QED) is 0.659. The summed E-state index contributed by atoms with van der Waals surface area (Å²) in [6.07, 6.45) is 7.23. The lowest BCUT2D eigenvalue weighted by atomic mass is 9.94. The minimum atomic E-state index is -0.0987. The normalized spacial score (nSPS) is 13.0. The molecule has 0 saturated carbocycles. The van der Waals surface area contributed by atoms with Crippen molar-refractivity contribution in [1.82, 2.24) is 9.55 Å². The molecule has 2 heterocycles. The van der Waals surface area contributed by atoms with Crippen LogP contribution in [0.5, 0.6) is 5.75 Å². The van der Waals surface area contributed by atoms with E-state index in [1.54, 1.807) is 29.1 Å². The summed E-state index contributed by atoms with van der Waals surface area (Å²) >= 11 is 5.83. The van der Waals surface area contributed by atoms with Crippen LogP contribution in [-0.4, -0.2) is 9.55 Å². The Morgan fingerprint density at radius 3 is 2.81 bits per heavy atom. The number of allylic oxidation sites excluding steroid dienone is 1. The number of aryl methyl sites for hydroxylation is 2. The van der Waals surface area contributed by atoms with Crippen LogP contribution >= 0.6 is 11.6 Å². The van der Waals surface area contributed by atoms with Crippen LogP contribution in [0.25, 0.3) is 11.8 Å². The van der Waals surface area contributed by atoms with E-state index in [1.165, 1.54) is 22.8 Å². The van der Waals surface area contributed by atoms with Crippen molar-refractivity contribution in [3.8, 4) is 5.75 Å². The number of nitrogens with zero attached hydrogens (tertiary/aromatic N) is 2. The second kappa shape index (κ2) is 7.41. The van der Waals surface area contributed by atoms with E-state index in [1.807, 2.05) is 6.07 Å². The Hall–Kier alpha value is -2.85. The van der Waals surface area contributed by atoms with Gasteiger partial charge < -0.3 is 4.74 Å². The fourth-order valence-electron chi connectivity index (χ4n) is 3.23. The molecule has 0 N–H and O–H groups in total. The molecule has 4 nitrogen and oxygen atoms in total. The summed E-state index contributed by atoms with van der Waals surface area (Å²) in [5, 5.41) is 0.582. The molecule has 1 aromatic carbocycles. The first-order chi connectivity index (χ1) is 13.1. The highest BCUT2D eigenvalue weighted by atomic mass is 35.5. The molecule has 5 heteroatoms. The summed E-state index contributed by atoms with van der Waals surface area (Å²) < 4.78 is 7.38. The van der Waals surface area contributed by atoms with Crippen molar-refractivity contribution in [3.05, 3.63) is 92.6 Å². The molecule has 2 aromatic heterocycles. The molecular formula is C22H19ClN2O2. The van der Waals surface area contributed by atoms with Crippen LogP contribution in [0.1, 0.15) is 28.8 Å². The molecule has 1 aliphatic rings. The van der Waals surface area contributed by atoms with Gasteiger partial charge in [0.1, 0.15) is 12.4 Å². The van der Waals surface area contributed by atoms with Crippen LogP contribution in [-0.2, 0) is 13.0 Å². The lowest BCUT2D eigenvalue weighted by Crippen LogP contribution is -2.19. The summed E-state index contributed by atoms with van der Waals surface area (Å²) in [5.74, 6) is 0.528. The zero-order valence-corrected chi connectivity index (χ0v) is 15.7. The fraction of sp³-hybridized carbons (Fsp3) is 0.182. The number of benzene rings is 1. The first kappa shape index (κ1) is 17.6. The van der Waals surface area contributed by atoms with E-state index < -0.39 is 0 Å². The number of ether oxygens (including phenoxy) is 1. The molecule has 27 heavy (non-hydrogen) atoms. The lowest BCUT2D eigenvalue weighted by molar-refractivity contribution is 0.300. The number of rotatable bonds is 4. The van der Waals surface area contributed by atoms with Crippen LogP contribution in [0.15, 0.2) is 59.7 Å². The number of hydrogen-bond acceptors (Lipinski definition) is 3. The number of pyridine rings is 2. The molecule has 0 fully saturated rings. The Morgan fingerprint density at radius 1 is 1.15 bits per heavy atom. The summed E-state index contributed by atoms with van der Waals surface area (Å²) in [6, 6.07) is 13.3. The van der Waals surface area contributed by atoms with Crippen LogP contribution in [0, 0.1) is 6.92 Å². The van der Waals surface area contributed by atoms with Gasteiger partial charge in [-0.05, 0) is 55.2 Å². The average molecular weight is 379 g/mol. The molecule has 3 aromatic rings. The van der Waals surface area contributed by atoms with Gasteiger partial charge >= 0.3 is 0 Å². The van der Waals surface area contributed by atoms with E-state index in [2.05, 4.69) is 36.2 Å². The van der Waals surface area contributed by atoms with Gasteiger partial charge in [-0.15, -0.1) is 0 Å². The van der Waals surface area contributed by atoms with Gasteiger partial charge in [0.25, 0.3) is 5.56 Å². The van der Waals surface area contributed by atoms with E-state index >= 15 is 0 Å². The van der Waals surface area contributed by atoms with Crippen molar-refractivity contribution in [3.63, 3.8) is 0 Å². The molecule has 0 bridgehead atoms. The Balaban J connectivity index is 1.53. The summed E-state index contributed by atoms with van der Waals surface area (Å²) in [4.78, 5) is 16.8. The van der Waals surface area contributed by atoms with Crippen LogP contribution < -0.4 is 10.3 Å². The van der Waals surface area contributed by atoms with Crippen molar-refractivity contribution in [2.45, 2.75) is 26.4 Å². The molecule has 4 rings (SSSR count). The van der Waals surface area contributed by atoms with Gasteiger partial charge in [0.15, 0.2) is 0 Å². The third-order valence-electron chi connectivity index (χ3n) is 4.65. The molecular weight excluding hydrogens is 360 g/mol. The Kier molecular flexibility index (Phi) is 4.82. The van der Waals surface area contributed by atoms with Gasteiger partial charge in [-0.3, -0.25) is 14.3 Å². The minimum Gasteiger partial charge on any atom is -0.487 e. The first-order valence-corrected chi connectivity index (χ1v) is 9.23. The molecule has 0 aliphatic heterocycles. The monoisotopic (exact) mass is 378 g/mol. The summed E-state index contributed by atoms with van der Waals surface area (Å²) in [5.41, 5.74) is 5.44. The van der Waals surface area contributed by atoms with E-state index in [4.69, 9.17) is 16.3 Å². The van der Waals surface area contributed by atoms with Crippen molar-refractivity contribution < 1.29 is 4.74 Å². The number of hydrogen-bond donors (Lipinski definition) is 0. The zero-order valence-electron chi connectivity index (χ0n) is 15.0. The van der Waals surface area contributed by atoms with Gasteiger partial charge in [-0.25, -0.2) is 0 Å². The number of fused-ring (bicyclic) bond motifs is 1. The van der Waals surface area contributed by atoms with Crippen molar-refractivity contribution in [2.75, 3.05) is 0 Å². The Labute approximate surface area is 162 Å². The maximum atomic E-state index is 12.6. The van der Waals surface area contributed by atoms with Gasteiger partial charge in [0, 0.05) is 24.2 Å². The smallest absolute Gasteiger partial charge is 0.258 e. The van der Waals surface area contributed by atoms with E-state index in [0.717, 1.165) is 24.2 Å². The van der Waals surface area contributed by atoms with E-state index in [9.17, 15) is 4.79 Å². The third kappa shape index (κ3) is 3.96. The molecule has 0 radical (unpaired) electrons. The minimum absolute atomic E-state index is 0.0987. The van der Waals surface area contributed by atoms with Crippen molar-refractivity contribution >= 4 is 23.4 Å². The van der Waals surface area contributed by atoms with E-state index in [-0.39, 0.29) is 12.2 Å². The molecule has 0 spiro atoms. The van der Waals surface area contributed by atoms with Crippen LogP contribution in [0.4, 0.5) is 0 Å². The molecule has 0 saturated heterocycles. The third-order valence-corrected chi connectivity index (χ3v) is 4.87. The molecule has 136 valence electrons. The first-order valence-electron chi connectivity index (χ1n) is 8.85. The Morgan fingerprint density at radius 2 is 2.04 bits per heavy atom. The topological polar surface area (TPSA) is 44.1 Å². The maximum Gasteiger partial charge on any atom is 0.258 e. The fourth-order valence-corrected chi connectivity index (χ4v) is 3.35. The summed E-state index contributed by atoms with van der Waals surface area (Å²) in [7, 11) is 0. The predicted molar refractivity (Wildman–Crippen MR) is 108 cm³/mol.